The number of para-hydroxylation sites is 1. The summed E-state index contributed by atoms with van der Waals surface area (Å²) < 4.78 is 11.8. The molecule has 1 aliphatic rings. The molecule has 14 aromatic rings. The number of thiophene rings is 1. The fourth-order valence-electron chi connectivity index (χ4n) is 11.7. The average molecular weight is 900 g/mol. The predicted octanol–water partition coefficient (Wildman–Crippen LogP) is 18.1. The summed E-state index contributed by atoms with van der Waals surface area (Å²) in [6, 6.07) is 77.6. The molecule has 1 aliphatic carbocycles. The molecule has 4 heterocycles. The Balaban J connectivity index is 0.925. The third kappa shape index (κ3) is 5.48. The van der Waals surface area contributed by atoms with E-state index in [1.54, 1.807) is 0 Å². The van der Waals surface area contributed by atoms with E-state index in [4.69, 9.17) is 9.40 Å². The van der Waals surface area contributed by atoms with Crippen LogP contribution in [0.4, 0.5) is 17.1 Å². The van der Waals surface area contributed by atoms with Gasteiger partial charge in [-0.25, -0.2) is 4.98 Å². The first kappa shape index (κ1) is 38.6. The first-order valence-electron chi connectivity index (χ1n) is 23.7. The third-order valence-electron chi connectivity index (χ3n) is 15.0. The van der Waals surface area contributed by atoms with Gasteiger partial charge in [0.1, 0.15) is 5.52 Å². The van der Waals surface area contributed by atoms with Gasteiger partial charge in [-0.3, -0.25) is 0 Å². The first-order valence-corrected chi connectivity index (χ1v) is 24.5. The van der Waals surface area contributed by atoms with Crippen LogP contribution in [0.1, 0.15) is 25.0 Å². The van der Waals surface area contributed by atoms with Crippen molar-refractivity contribution in [3.05, 3.63) is 223 Å². The summed E-state index contributed by atoms with van der Waals surface area (Å²) in [5.41, 5.74) is 19.6. The summed E-state index contributed by atoms with van der Waals surface area (Å²) in [5, 5.41) is 7.19. The van der Waals surface area contributed by atoms with Gasteiger partial charge in [0, 0.05) is 64.4 Å². The number of hydrogen-bond acceptors (Lipinski definition) is 4. The molecule has 0 N–H and O–H groups in total. The molecule has 4 aromatic heterocycles. The van der Waals surface area contributed by atoms with Crippen molar-refractivity contribution in [2.75, 3.05) is 4.90 Å². The molecule has 0 aliphatic heterocycles. The Morgan fingerprint density at radius 1 is 0.449 bits per heavy atom. The van der Waals surface area contributed by atoms with Crippen molar-refractivity contribution < 1.29 is 4.42 Å². The third-order valence-corrected chi connectivity index (χ3v) is 16.2. The Bertz CT molecular complexity index is 4390. The van der Waals surface area contributed by atoms with Gasteiger partial charge in [-0.15, -0.1) is 11.3 Å². The normalized spacial score (nSPS) is 13.2. The van der Waals surface area contributed by atoms with Crippen molar-refractivity contribution in [2.45, 2.75) is 19.3 Å². The fourth-order valence-corrected chi connectivity index (χ4v) is 13.1. The Hall–Kier alpha value is -8.51. The maximum Gasteiger partial charge on any atom is 0.227 e. The zero-order valence-electron chi connectivity index (χ0n) is 37.9. The van der Waals surface area contributed by atoms with Crippen molar-refractivity contribution >= 4 is 97.8 Å². The van der Waals surface area contributed by atoms with Crippen LogP contribution >= 0.6 is 11.3 Å². The number of aromatic nitrogens is 2. The molecule has 0 bridgehead atoms. The van der Waals surface area contributed by atoms with E-state index in [9.17, 15) is 0 Å². The van der Waals surface area contributed by atoms with E-state index in [1.807, 2.05) is 29.5 Å². The number of benzene rings is 10. The quantitative estimate of drug-likeness (QED) is 0.167. The minimum atomic E-state index is -0.152. The van der Waals surface area contributed by atoms with Crippen LogP contribution in [-0.4, -0.2) is 9.38 Å². The highest BCUT2D eigenvalue weighted by atomic mass is 32.1. The zero-order chi connectivity index (χ0) is 45.5. The van der Waals surface area contributed by atoms with E-state index in [0.717, 1.165) is 66.4 Å². The van der Waals surface area contributed by atoms with Gasteiger partial charge in [0.2, 0.25) is 5.89 Å². The number of hydrogen-bond donors (Lipinski definition) is 0. The Labute approximate surface area is 401 Å². The summed E-state index contributed by atoms with van der Waals surface area (Å²) in [7, 11) is 0. The van der Waals surface area contributed by atoms with Gasteiger partial charge in [-0.05, 0) is 111 Å². The summed E-state index contributed by atoms with van der Waals surface area (Å²) in [4.78, 5) is 7.58. The maximum atomic E-state index is 6.70. The second-order valence-electron chi connectivity index (χ2n) is 19.1. The van der Waals surface area contributed by atoms with Gasteiger partial charge in [0.15, 0.2) is 5.58 Å². The van der Waals surface area contributed by atoms with Crippen LogP contribution in [0.3, 0.4) is 0 Å². The molecule has 10 aromatic carbocycles. The highest BCUT2D eigenvalue weighted by molar-refractivity contribution is 7.26. The molecule has 4 nitrogen and oxygen atoms in total. The van der Waals surface area contributed by atoms with Gasteiger partial charge in [0.25, 0.3) is 0 Å². The van der Waals surface area contributed by atoms with E-state index in [2.05, 4.69) is 217 Å². The van der Waals surface area contributed by atoms with E-state index >= 15 is 0 Å². The SMILES string of the molecule is CC1(C)c2ccccc2-c2ccc(N(c3ccc(-c4cccc5c4sc4c(-c6ccccc6)cccc45)cc3)c3ccc4c(c3)c3cc5nc(-c6ccccc6)oc5c5c6ccccc6n4c35)cc21. The standard InChI is InChI=1S/C64H41N3OS/c1-64(2)53-25-11-9-19-46(53)47-33-31-43(36-54(47)64)66(41-29-27-39(28-30-41)45-22-14-24-49-48-23-13-21-44(61(48)69-62(45)49)38-15-5-3-6-16-38)42-32-34-57-51(35-42)52-37-55-60(68-63(65-55)40-17-7-4-8-18-40)58-50-20-10-12-26-56(50)67(57)59(52)58/h3-37H,1-2H3. The number of oxazole rings is 1. The fraction of sp³-hybridized carbons (Fsp3) is 0.0469. The largest absolute Gasteiger partial charge is 0.435 e. The second-order valence-corrected chi connectivity index (χ2v) is 20.1. The number of rotatable bonds is 6. The molecular weight excluding hydrogens is 859 g/mol. The number of fused-ring (bicyclic) bond motifs is 14. The molecule has 0 spiro atoms. The van der Waals surface area contributed by atoms with Crippen LogP contribution in [-0.2, 0) is 5.41 Å². The molecule has 5 heteroatoms. The summed E-state index contributed by atoms with van der Waals surface area (Å²) >= 11 is 1.90. The lowest BCUT2D eigenvalue weighted by molar-refractivity contribution is 0.623. The van der Waals surface area contributed by atoms with Crippen molar-refractivity contribution in [3.8, 4) is 44.8 Å². The highest BCUT2D eigenvalue weighted by Gasteiger charge is 2.36. The van der Waals surface area contributed by atoms with Crippen molar-refractivity contribution in [2.24, 2.45) is 0 Å². The molecule has 324 valence electrons. The minimum Gasteiger partial charge on any atom is -0.435 e. The highest BCUT2D eigenvalue weighted by Crippen LogP contribution is 2.52. The summed E-state index contributed by atoms with van der Waals surface area (Å²) in [6.45, 7) is 4.72. The molecular formula is C64H41N3OS. The van der Waals surface area contributed by atoms with Crippen molar-refractivity contribution in [1.29, 1.82) is 0 Å². The Kier molecular flexibility index (Phi) is 7.97. The number of nitrogens with zero attached hydrogens (tertiary/aromatic N) is 3. The van der Waals surface area contributed by atoms with E-state index < -0.39 is 0 Å². The van der Waals surface area contributed by atoms with Gasteiger partial charge < -0.3 is 13.7 Å². The van der Waals surface area contributed by atoms with Crippen molar-refractivity contribution in [1.82, 2.24) is 9.38 Å². The monoisotopic (exact) mass is 899 g/mol. The van der Waals surface area contributed by atoms with Gasteiger partial charge >= 0.3 is 0 Å². The molecule has 0 radical (unpaired) electrons. The average Bonchev–Trinajstić information content (AvgIpc) is 4.21. The summed E-state index contributed by atoms with van der Waals surface area (Å²) in [5.74, 6) is 0.632. The van der Waals surface area contributed by atoms with E-state index in [1.165, 1.54) is 70.1 Å². The molecule has 0 saturated carbocycles. The van der Waals surface area contributed by atoms with Crippen LogP contribution in [0.2, 0.25) is 0 Å². The first-order chi connectivity index (χ1) is 34.0. The van der Waals surface area contributed by atoms with Gasteiger partial charge in [-0.2, -0.15) is 0 Å². The van der Waals surface area contributed by atoms with Gasteiger partial charge in [0.05, 0.1) is 21.9 Å². The number of anilines is 3. The predicted molar refractivity (Wildman–Crippen MR) is 290 cm³/mol. The molecule has 69 heavy (non-hydrogen) atoms. The van der Waals surface area contributed by atoms with Crippen LogP contribution in [0.5, 0.6) is 0 Å². The molecule has 15 rings (SSSR count). The maximum absolute atomic E-state index is 6.70. The van der Waals surface area contributed by atoms with Crippen molar-refractivity contribution in [3.63, 3.8) is 0 Å². The summed E-state index contributed by atoms with van der Waals surface area (Å²) in [6.07, 6.45) is 0. The van der Waals surface area contributed by atoms with Crippen LogP contribution < -0.4 is 4.90 Å². The van der Waals surface area contributed by atoms with Crippen LogP contribution in [0.15, 0.2) is 217 Å². The van der Waals surface area contributed by atoms with Crippen LogP contribution in [0, 0.1) is 0 Å². The topological polar surface area (TPSA) is 33.7 Å². The molecule has 0 atom stereocenters. The lowest BCUT2D eigenvalue weighted by Crippen LogP contribution is -2.16. The lowest BCUT2D eigenvalue weighted by Gasteiger charge is -2.28. The zero-order valence-corrected chi connectivity index (χ0v) is 38.7. The smallest absolute Gasteiger partial charge is 0.227 e. The van der Waals surface area contributed by atoms with Gasteiger partial charge in [-0.1, -0.05) is 159 Å². The molecule has 0 fully saturated rings. The second kappa shape index (κ2) is 14.3. The van der Waals surface area contributed by atoms with E-state index in [0.29, 0.717) is 5.89 Å². The lowest BCUT2D eigenvalue weighted by atomic mass is 9.82. The van der Waals surface area contributed by atoms with E-state index in [-0.39, 0.29) is 5.41 Å². The van der Waals surface area contributed by atoms with Crippen LogP contribution in [0.25, 0.3) is 114 Å². The molecule has 0 saturated heterocycles. The minimum absolute atomic E-state index is 0.152. The molecule has 0 unspecified atom stereocenters. The Morgan fingerprint density at radius 3 is 1.80 bits per heavy atom. The molecule has 0 amide bonds. The Morgan fingerprint density at radius 2 is 1.03 bits per heavy atom.